The molecule has 1 saturated carbocycles. The molecule has 0 aromatic carbocycles. The molecule has 10 heavy (non-hydrogen) atoms. The van der Waals surface area contributed by atoms with Gasteiger partial charge in [-0.1, -0.05) is 12.8 Å². The first-order valence-corrected chi connectivity index (χ1v) is 4.15. The summed E-state index contributed by atoms with van der Waals surface area (Å²) < 4.78 is 0. The molecule has 0 radical (unpaired) electrons. The molecule has 0 aromatic heterocycles. The van der Waals surface area contributed by atoms with Gasteiger partial charge in [-0.25, -0.2) is 0 Å². The smallest absolute Gasteiger partial charge is 0.0555 e. The minimum Gasteiger partial charge on any atom is -0.393 e. The van der Waals surface area contributed by atoms with E-state index in [1.807, 2.05) is 6.92 Å². The van der Waals surface area contributed by atoms with Crippen molar-refractivity contribution in [3.8, 4) is 0 Å². The fraction of sp³-hybridized carbons (Fsp3) is 1.00. The highest BCUT2D eigenvalue weighted by Gasteiger charge is 2.25. The fourth-order valence-corrected chi connectivity index (χ4v) is 1.79. The maximum Gasteiger partial charge on any atom is 0.0555 e. The molecule has 60 valence electrons. The molecule has 0 heterocycles. The van der Waals surface area contributed by atoms with Crippen LogP contribution >= 0.6 is 0 Å². The number of aliphatic hydroxyl groups excluding tert-OH is 1. The number of aliphatic hydroxyl groups is 1. The first-order chi connectivity index (χ1) is 4.72. The predicted octanol–water partition coefficient (Wildman–Crippen LogP) is 0.885. The van der Waals surface area contributed by atoms with Gasteiger partial charge in [-0.05, 0) is 25.7 Å². The van der Waals surface area contributed by atoms with Crippen molar-refractivity contribution in [2.75, 3.05) is 0 Å². The molecule has 1 rings (SSSR count). The predicted molar refractivity (Wildman–Crippen MR) is 41.6 cm³/mol. The first-order valence-electron chi connectivity index (χ1n) is 4.15. The molecule has 0 amide bonds. The third-order valence-corrected chi connectivity index (χ3v) is 2.49. The van der Waals surface area contributed by atoms with Crippen LogP contribution in [0.4, 0.5) is 0 Å². The molecule has 1 aliphatic carbocycles. The number of rotatable bonds is 1. The summed E-state index contributed by atoms with van der Waals surface area (Å²) in [6, 6.07) is 0.244. The monoisotopic (exact) mass is 143 g/mol. The topological polar surface area (TPSA) is 46.2 Å². The van der Waals surface area contributed by atoms with Crippen molar-refractivity contribution in [3.05, 3.63) is 0 Å². The highest BCUT2D eigenvalue weighted by atomic mass is 16.3. The summed E-state index contributed by atoms with van der Waals surface area (Å²) in [7, 11) is 0. The Morgan fingerprint density at radius 1 is 1.40 bits per heavy atom. The number of hydrogen-bond acceptors (Lipinski definition) is 2. The second kappa shape index (κ2) is 3.35. The summed E-state index contributed by atoms with van der Waals surface area (Å²) in [4.78, 5) is 0. The lowest BCUT2D eigenvalue weighted by Gasteiger charge is -2.30. The van der Waals surface area contributed by atoms with Crippen LogP contribution < -0.4 is 5.73 Å². The molecule has 1 fully saturated rings. The molecule has 2 nitrogen and oxygen atoms in total. The van der Waals surface area contributed by atoms with Crippen LogP contribution in [0.25, 0.3) is 0 Å². The molecular weight excluding hydrogens is 126 g/mol. The Kier molecular flexibility index (Phi) is 2.69. The van der Waals surface area contributed by atoms with Gasteiger partial charge >= 0.3 is 0 Å². The highest BCUT2D eigenvalue weighted by Crippen LogP contribution is 2.25. The Balaban J connectivity index is 2.40. The Hall–Kier alpha value is -0.0800. The van der Waals surface area contributed by atoms with Gasteiger partial charge in [0.15, 0.2) is 0 Å². The van der Waals surface area contributed by atoms with Crippen molar-refractivity contribution in [3.63, 3.8) is 0 Å². The van der Waals surface area contributed by atoms with Crippen molar-refractivity contribution in [2.24, 2.45) is 11.7 Å². The molecule has 3 atom stereocenters. The minimum atomic E-state index is -0.213. The van der Waals surface area contributed by atoms with Crippen molar-refractivity contribution >= 4 is 0 Å². The molecule has 0 aromatic rings. The van der Waals surface area contributed by atoms with Crippen LogP contribution in [0, 0.1) is 5.92 Å². The molecule has 1 aliphatic rings. The van der Waals surface area contributed by atoms with E-state index in [0.717, 1.165) is 12.8 Å². The van der Waals surface area contributed by atoms with E-state index in [1.165, 1.54) is 12.8 Å². The first kappa shape index (κ1) is 8.02. The molecule has 2 heteroatoms. The quantitative estimate of drug-likeness (QED) is 0.572. The van der Waals surface area contributed by atoms with Crippen LogP contribution in [0.1, 0.15) is 32.6 Å². The van der Waals surface area contributed by atoms with Crippen LogP contribution in [-0.2, 0) is 0 Å². The van der Waals surface area contributed by atoms with E-state index in [1.54, 1.807) is 0 Å². The van der Waals surface area contributed by atoms with Gasteiger partial charge in [0.2, 0.25) is 0 Å². The van der Waals surface area contributed by atoms with Gasteiger partial charge < -0.3 is 10.8 Å². The second-order valence-corrected chi connectivity index (χ2v) is 3.35. The van der Waals surface area contributed by atoms with E-state index in [-0.39, 0.29) is 12.1 Å². The van der Waals surface area contributed by atoms with Gasteiger partial charge in [-0.2, -0.15) is 0 Å². The van der Waals surface area contributed by atoms with E-state index in [4.69, 9.17) is 5.73 Å². The van der Waals surface area contributed by atoms with Crippen molar-refractivity contribution in [2.45, 2.75) is 44.8 Å². The lowest BCUT2D eigenvalue weighted by atomic mass is 9.82. The summed E-state index contributed by atoms with van der Waals surface area (Å²) in [6.07, 6.45) is 4.47. The van der Waals surface area contributed by atoms with Crippen LogP contribution in [0.3, 0.4) is 0 Å². The average molecular weight is 143 g/mol. The standard InChI is InChI=1S/C8H17NO/c1-6(10)7-4-2-3-5-8(7)9/h6-8,10H,2-5,9H2,1H3. The molecule has 3 unspecified atom stereocenters. The Morgan fingerprint density at radius 3 is 2.40 bits per heavy atom. The van der Waals surface area contributed by atoms with Gasteiger partial charge in [0.1, 0.15) is 0 Å². The Morgan fingerprint density at radius 2 is 2.00 bits per heavy atom. The zero-order chi connectivity index (χ0) is 7.56. The highest BCUT2D eigenvalue weighted by molar-refractivity contribution is 4.80. The van der Waals surface area contributed by atoms with E-state index in [0.29, 0.717) is 5.92 Å². The zero-order valence-corrected chi connectivity index (χ0v) is 6.59. The van der Waals surface area contributed by atoms with Gasteiger partial charge in [-0.15, -0.1) is 0 Å². The Labute approximate surface area is 62.4 Å². The zero-order valence-electron chi connectivity index (χ0n) is 6.59. The fourth-order valence-electron chi connectivity index (χ4n) is 1.79. The SMILES string of the molecule is CC(O)C1CCCCC1N. The van der Waals surface area contributed by atoms with Gasteiger partial charge in [0.25, 0.3) is 0 Å². The van der Waals surface area contributed by atoms with Crippen LogP contribution in [0.15, 0.2) is 0 Å². The summed E-state index contributed by atoms with van der Waals surface area (Å²) in [5.74, 6) is 0.355. The summed E-state index contributed by atoms with van der Waals surface area (Å²) in [5, 5.41) is 9.27. The molecule has 3 N–H and O–H groups in total. The van der Waals surface area contributed by atoms with Crippen molar-refractivity contribution < 1.29 is 5.11 Å². The largest absolute Gasteiger partial charge is 0.393 e. The number of nitrogens with two attached hydrogens (primary N) is 1. The maximum absolute atomic E-state index is 9.27. The maximum atomic E-state index is 9.27. The van der Waals surface area contributed by atoms with E-state index < -0.39 is 0 Å². The third-order valence-electron chi connectivity index (χ3n) is 2.49. The van der Waals surface area contributed by atoms with Crippen molar-refractivity contribution in [1.29, 1.82) is 0 Å². The normalized spacial score (nSPS) is 37.5. The third kappa shape index (κ3) is 1.70. The molecule has 0 bridgehead atoms. The van der Waals surface area contributed by atoms with E-state index >= 15 is 0 Å². The van der Waals surface area contributed by atoms with Crippen LogP contribution in [0.5, 0.6) is 0 Å². The Bertz CT molecular complexity index is 103. The molecule has 0 saturated heterocycles. The molecule has 0 aliphatic heterocycles. The van der Waals surface area contributed by atoms with Crippen molar-refractivity contribution in [1.82, 2.24) is 0 Å². The lowest BCUT2D eigenvalue weighted by molar-refractivity contribution is 0.0878. The van der Waals surface area contributed by atoms with E-state index in [9.17, 15) is 5.11 Å². The summed E-state index contributed by atoms with van der Waals surface area (Å²) in [6.45, 7) is 1.84. The van der Waals surface area contributed by atoms with Crippen LogP contribution in [0.2, 0.25) is 0 Å². The summed E-state index contributed by atoms with van der Waals surface area (Å²) >= 11 is 0. The van der Waals surface area contributed by atoms with Gasteiger partial charge in [0.05, 0.1) is 6.10 Å². The lowest BCUT2D eigenvalue weighted by Crippen LogP contribution is -2.39. The molecular formula is C8H17NO. The van der Waals surface area contributed by atoms with Crippen LogP contribution in [-0.4, -0.2) is 17.3 Å². The van der Waals surface area contributed by atoms with Gasteiger partial charge in [-0.3, -0.25) is 0 Å². The number of hydrogen-bond donors (Lipinski definition) is 2. The average Bonchev–Trinajstić information content (AvgIpc) is 1.88. The summed E-state index contributed by atoms with van der Waals surface area (Å²) in [5.41, 5.74) is 5.82. The molecule has 0 spiro atoms. The minimum absolute atomic E-state index is 0.213. The second-order valence-electron chi connectivity index (χ2n) is 3.35. The van der Waals surface area contributed by atoms with E-state index in [2.05, 4.69) is 0 Å². The van der Waals surface area contributed by atoms with Gasteiger partial charge in [0, 0.05) is 6.04 Å².